The van der Waals surface area contributed by atoms with Gasteiger partial charge in [-0.25, -0.2) is 4.79 Å². The van der Waals surface area contributed by atoms with Crippen LogP contribution in [0.5, 0.6) is 5.75 Å². The van der Waals surface area contributed by atoms with Crippen LogP contribution in [-0.2, 0) is 4.74 Å². The first-order valence-electron chi connectivity index (χ1n) is 7.01. The molecule has 5 heteroatoms. The predicted molar refractivity (Wildman–Crippen MR) is 78.4 cm³/mol. The molecule has 1 fully saturated rings. The Morgan fingerprint density at radius 3 is 3.00 bits per heavy atom. The number of benzene rings is 1. The van der Waals surface area contributed by atoms with Gasteiger partial charge in [0, 0.05) is 18.8 Å². The summed E-state index contributed by atoms with van der Waals surface area (Å²) in [5, 5.41) is 2.95. The van der Waals surface area contributed by atoms with Gasteiger partial charge in [-0.1, -0.05) is 0 Å². The number of ether oxygens (including phenoxy) is 2. The summed E-state index contributed by atoms with van der Waals surface area (Å²) < 4.78 is 10.9. The quantitative estimate of drug-likeness (QED) is 0.924. The Balaban J connectivity index is 2.00. The summed E-state index contributed by atoms with van der Waals surface area (Å²) in [6.07, 6.45) is 0.0935. The molecule has 1 unspecified atom stereocenters. The number of nitrogens with zero attached hydrogens (tertiary/aromatic N) is 1. The summed E-state index contributed by atoms with van der Waals surface area (Å²) in [6.45, 7) is 8.37. The average molecular weight is 278 g/mol. The van der Waals surface area contributed by atoms with Crippen LogP contribution in [0.4, 0.5) is 10.5 Å². The van der Waals surface area contributed by atoms with E-state index in [1.807, 2.05) is 39.0 Å². The molecular weight excluding hydrogens is 256 g/mol. The number of urea groups is 1. The van der Waals surface area contributed by atoms with E-state index < -0.39 is 0 Å². The summed E-state index contributed by atoms with van der Waals surface area (Å²) in [5.74, 6) is 0.822. The molecule has 5 nitrogen and oxygen atoms in total. The number of hydrogen-bond acceptors (Lipinski definition) is 3. The fourth-order valence-electron chi connectivity index (χ4n) is 2.23. The lowest BCUT2D eigenvalue weighted by Gasteiger charge is -2.31. The third-order valence-corrected chi connectivity index (χ3v) is 3.28. The van der Waals surface area contributed by atoms with Crippen molar-refractivity contribution < 1.29 is 14.3 Å². The van der Waals surface area contributed by atoms with Crippen molar-refractivity contribution in [3.05, 3.63) is 23.8 Å². The highest BCUT2D eigenvalue weighted by atomic mass is 16.5. The van der Waals surface area contributed by atoms with Crippen molar-refractivity contribution in [2.75, 3.05) is 31.6 Å². The molecule has 2 amide bonds. The van der Waals surface area contributed by atoms with Crippen molar-refractivity contribution >= 4 is 11.7 Å². The number of anilines is 1. The van der Waals surface area contributed by atoms with Crippen molar-refractivity contribution in [1.29, 1.82) is 0 Å². The molecule has 0 aliphatic carbocycles. The second kappa shape index (κ2) is 6.61. The third kappa shape index (κ3) is 3.63. The minimum atomic E-state index is -0.0765. The zero-order valence-electron chi connectivity index (χ0n) is 12.3. The Labute approximate surface area is 119 Å². The molecule has 20 heavy (non-hydrogen) atoms. The van der Waals surface area contributed by atoms with Gasteiger partial charge >= 0.3 is 6.03 Å². The normalized spacial score (nSPS) is 18.8. The van der Waals surface area contributed by atoms with E-state index in [0.717, 1.165) is 17.0 Å². The molecule has 0 radical (unpaired) electrons. The fraction of sp³-hybridized carbons (Fsp3) is 0.533. The van der Waals surface area contributed by atoms with Gasteiger partial charge in [-0.15, -0.1) is 0 Å². The van der Waals surface area contributed by atoms with Crippen LogP contribution in [0.2, 0.25) is 0 Å². The minimum absolute atomic E-state index is 0.0765. The van der Waals surface area contributed by atoms with Gasteiger partial charge < -0.3 is 19.7 Å². The Morgan fingerprint density at radius 1 is 1.55 bits per heavy atom. The summed E-state index contributed by atoms with van der Waals surface area (Å²) in [5.41, 5.74) is 1.81. The first kappa shape index (κ1) is 14.7. The number of rotatable bonds is 3. The zero-order chi connectivity index (χ0) is 14.5. The zero-order valence-corrected chi connectivity index (χ0v) is 12.3. The molecule has 110 valence electrons. The lowest BCUT2D eigenvalue weighted by molar-refractivity contribution is -0.00138. The van der Waals surface area contributed by atoms with E-state index in [1.165, 1.54) is 0 Å². The second-order valence-corrected chi connectivity index (χ2v) is 4.97. The van der Waals surface area contributed by atoms with Crippen LogP contribution in [0.25, 0.3) is 0 Å². The Morgan fingerprint density at radius 2 is 2.35 bits per heavy atom. The largest absolute Gasteiger partial charge is 0.494 e. The molecular formula is C15H22N2O3. The van der Waals surface area contributed by atoms with Crippen molar-refractivity contribution in [3.8, 4) is 5.75 Å². The first-order valence-corrected chi connectivity index (χ1v) is 7.01. The van der Waals surface area contributed by atoms with Crippen LogP contribution >= 0.6 is 0 Å². The maximum atomic E-state index is 12.2. The molecule has 1 aromatic carbocycles. The predicted octanol–water partition coefficient (Wildman–Crippen LogP) is 2.65. The van der Waals surface area contributed by atoms with Gasteiger partial charge in [0.1, 0.15) is 5.75 Å². The molecule has 0 spiro atoms. The molecule has 1 N–H and O–H groups in total. The van der Waals surface area contributed by atoms with Crippen LogP contribution < -0.4 is 10.1 Å². The average Bonchev–Trinajstić information content (AvgIpc) is 2.42. The lowest BCUT2D eigenvalue weighted by Crippen LogP contribution is -2.46. The van der Waals surface area contributed by atoms with Gasteiger partial charge in [-0.3, -0.25) is 0 Å². The number of nitrogens with one attached hydrogen (secondary N) is 1. The Hall–Kier alpha value is -1.75. The van der Waals surface area contributed by atoms with Gasteiger partial charge in [0.05, 0.1) is 19.3 Å². The highest BCUT2D eigenvalue weighted by molar-refractivity contribution is 5.90. The fourth-order valence-corrected chi connectivity index (χ4v) is 2.23. The summed E-state index contributed by atoms with van der Waals surface area (Å²) in [7, 11) is 0. The Bertz CT molecular complexity index is 476. The lowest BCUT2D eigenvalue weighted by atomic mass is 10.2. The van der Waals surface area contributed by atoms with Crippen LogP contribution in [0.3, 0.4) is 0 Å². The van der Waals surface area contributed by atoms with Gasteiger partial charge in [0.2, 0.25) is 0 Å². The van der Waals surface area contributed by atoms with E-state index in [1.54, 1.807) is 4.90 Å². The maximum Gasteiger partial charge on any atom is 0.322 e. The van der Waals surface area contributed by atoms with E-state index in [9.17, 15) is 4.79 Å². The number of carbonyl (C=O) groups excluding carboxylic acids is 1. The van der Waals surface area contributed by atoms with Crippen molar-refractivity contribution in [3.63, 3.8) is 0 Å². The summed E-state index contributed by atoms with van der Waals surface area (Å²) in [6, 6.07) is 5.60. The van der Waals surface area contributed by atoms with Crippen LogP contribution in [-0.4, -0.2) is 43.3 Å². The Kier molecular flexibility index (Phi) is 4.84. The SMILES string of the molecule is CCOc1ccc(NC(=O)N2CCOC(C)C2)c(C)c1. The van der Waals surface area contributed by atoms with Gasteiger partial charge in [0.25, 0.3) is 0 Å². The molecule has 1 saturated heterocycles. The third-order valence-electron chi connectivity index (χ3n) is 3.28. The summed E-state index contributed by atoms with van der Waals surface area (Å²) >= 11 is 0. The molecule has 2 rings (SSSR count). The topological polar surface area (TPSA) is 50.8 Å². The van der Waals surface area contributed by atoms with E-state index in [-0.39, 0.29) is 12.1 Å². The molecule has 1 aliphatic rings. The van der Waals surface area contributed by atoms with Gasteiger partial charge in [-0.2, -0.15) is 0 Å². The van der Waals surface area contributed by atoms with E-state index in [2.05, 4.69) is 5.32 Å². The number of carbonyl (C=O) groups is 1. The van der Waals surface area contributed by atoms with Crippen molar-refractivity contribution in [2.24, 2.45) is 0 Å². The molecule has 1 aromatic rings. The maximum absolute atomic E-state index is 12.2. The van der Waals surface area contributed by atoms with Crippen LogP contribution in [0.1, 0.15) is 19.4 Å². The standard InChI is InChI=1S/C15H22N2O3/c1-4-19-13-5-6-14(11(2)9-13)16-15(18)17-7-8-20-12(3)10-17/h5-6,9,12H,4,7-8,10H2,1-3H3,(H,16,18). The number of hydrogen-bond donors (Lipinski definition) is 1. The molecule has 0 bridgehead atoms. The van der Waals surface area contributed by atoms with Crippen LogP contribution in [0, 0.1) is 6.92 Å². The molecule has 1 heterocycles. The first-order chi connectivity index (χ1) is 9.60. The molecule has 0 saturated carbocycles. The number of aryl methyl sites for hydroxylation is 1. The smallest absolute Gasteiger partial charge is 0.322 e. The molecule has 1 atom stereocenters. The highest BCUT2D eigenvalue weighted by Gasteiger charge is 2.21. The van der Waals surface area contributed by atoms with Crippen molar-refractivity contribution in [1.82, 2.24) is 4.90 Å². The summed E-state index contributed by atoms with van der Waals surface area (Å²) in [4.78, 5) is 14.0. The van der Waals surface area contributed by atoms with E-state index in [0.29, 0.717) is 26.3 Å². The van der Waals surface area contributed by atoms with Crippen molar-refractivity contribution in [2.45, 2.75) is 26.9 Å². The number of amides is 2. The van der Waals surface area contributed by atoms with E-state index in [4.69, 9.17) is 9.47 Å². The molecule has 1 aliphatic heterocycles. The van der Waals surface area contributed by atoms with Gasteiger partial charge in [-0.05, 0) is 44.5 Å². The second-order valence-electron chi connectivity index (χ2n) is 4.97. The monoisotopic (exact) mass is 278 g/mol. The van der Waals surface area contributed by atoms with Gasteiger partial charge in [0.15, 0.2) is 0 Å². The highest BCUT2D eigenvalue weighted by Crippen LogP contribution is 2.22. The number of morpholine rings is 1. The van der Waals surface area contributed by atoms with Crippen LogP contribution in [0.15, 0.2) is 18.2 Å². The van der Waals surface area contributed by atoms with E-state index >= 15 is 0 Å². The minimum Gasteiger partial charge on any atom is -0.494 e. The molecule has 0 aromatic heterocycles.